The maximum Gasteiger partial charge on any atom is 0.118 e. The number of hydrogen-bond acceptors (Lipinski definition) is 3. The van der Waals surface area contributed by atoms with E-state index in [2.05, 4.69) is 71.1 Å². The summed E-state index contributed by atoms with van der Waals surface area (Å²) in [5.41, 5.74) is 6.20. The van der Waals surface area contributed by atoms with Crippen LogP contribution in [0.15, 0.2) is 84.9 Å². The van der Waals surface area contributed by atoms with E-state index in [0.29, 0.717) is 0 Å². The summed E-state index contributed by atoms with van der Waals surface area (Å²) in [5.74, 6) is 1.66. The van der Waals surface area contributed by atoms with Gasteiger partial charge in [-0.2, -0.15) is 0 Å². The third kappa shape index (κ3) is 4.27. The summed E-state index contributed by atoms with van der Waals surface area (Å²) < 4.78 is 11.8. The minimum atomic E-state index is 0.827. The average molecular weight is 493 g/mol. The Morgan fingerprint density at radius 3 is 1.66 bits per heavy atom. The van der Waals surface area contributed by atoms with Crippen molar-refractivity contribution in [3.63, 3.8) is 0 Å². The highest BCUT2D eigenvalue weighted by molar-refractivity contribution is 14.1. The van der Waals surface area contributed by atoms with Crippen molar-refractivity contribution in [1.29, 1.82) is 0 Å². The van der Waals surface area contributed by atoms with E-state index in [9.17, 15) is 0 Å². The Bertz CT molecular complexity index is 1110. The number of benzene rings is 3. The standard InChI is InChI=1S/C25H20INO2/c1-28-21-11-5-17(6-12-21)23-15-16-24(18-3-9-20(26)10-4-18)27-25(23)19-7-13-22(29-2)14-8-19/h3-16H,1-2H3. The molecule has 4 rings (SSSR count). The predicted molar refractivity (Wildman–Crippen MR) is 126 cm³/mol. The smallest absolute Gasteiger partial charge is 0.118 e. The molecule has 3 nitrogen and oxygen atoms in total. The summed E-state index contributed by atoms with van der Waals surface area (Å²) >= 11 is 2.31. The fourth-order valence-electron chi connectivity index (χ4n) is 3.21. The molecule has 4 heteroatoms. The zero-order valence-electron chi connectivity index (χ0n) is 16.2. The van der Waals surface area contributed by atoms with Crippen molar-refractivity contribution in [2.24, 2.45) is 0 Å². The van der Waals surface area contributed by atoms with Gasteiger partial charge in [0.1, 0.15) is 11.5 Å². The van der Waals surface area contributed by atoms with Crippen molar-refractivity contribution >= 4 is 22.6 Å². The van der Waals surface area contributed by atoms with Crippen LogP contribution in [0.3, 0.4) is 0 Å². The third-order valence-corrected chi connectivity index (χ3v) is 5.52. The van der Waals surface area contributed by atoms with Gasteiger partial charge in [-0.1, -0.05) is 30.3 Å². The molecule has 0 aliphatic carbocycles. The van der Waals surface area contributed by atoms with Gasteiger partial charge in [-0.05, 0) is 82.8 Å². The zero-order valence-corrected chi connectivity index (χ0v) is 18.4. The molecule has 0 bridgehead atoms. The van der Waals surface area contributed by atoms with Gasteiger partial charge in [-0.3, -0.25) is 0 Å². The number of nitrogens with zero attached hydrogens (tertiary/aromatic N) is 1. The monoisotopic (exact) mass is 493 g/mol. The molecule has 4 aromatic rings. The fraction of sp³-hybridized carbons (Fsp3) is 0.0800. The lowest BCUT2D eigenvalue weighted by Crippen LogP contribution is -1.93. The minimum Gasteiger partial charge on any atom is -0.497 e. The molecule has 3 aromatic carbocycles. The second kappa shape index (κ2) is 8.66. The van der Waals surface area contributed by atoms with Gasteiger partial charge in [0.05, 0.1) is 25.6 Å². The Labute approximate surface area is 184 Å². The van der Waals surface area contributed by atoms with Gasteiger partial charge in [-0.15, -0.1) is 0 Å². The van der Waals surface area contributed by atoms with E-state index in [1.165, 1.54) is 3.57 Å². The second-order valence-electron chi connectivity index (χ2n) is 6.56. The quantitative estimate of drug-likeness (QED) is 0.290. The van der Waals surface area contributed by atoms with Crippen molar-refractivity contribution in [2.75, 3.05) is 14.2 Å². The van der Waals surface area contributed by atoms with Crippen LogP contribution in [-0.4, -0.2) is 19.2 Å². The molecule has 0 N–H and O–H groups in total. The van der Waals surface area contributed by atoms with Gasteiger partial charge in [0.2, 0.25) is 0 Å². The van der Waals surface area contributed by atoms with E-state index in [-0.39, 0.29) is 0 Å². The minimum absolute atomic E-state index is 0.827. The molecular formula is C25H20INO2. The predicted octanol–water partition coefficient (Wildman–Crippen LogP) is 6.70. The van der Waals surface area contributed by atoms with Crippen LogP contribution < -0.4 is 9.47 Å². The molecule has 0 amide bonds. The number of aromatic nitrogens is 1. The van der Waals surface area contributed by atoms with Crippen LogP contribution in [0, 0.1) is 3.57 Å². The number of pyridine rings is 1. The molecule has 1 heterocycles. The first-order chi connectivity index (χ1) is 14.2. The Kier molecular flexibility index (Phi) is 5.81. The highest BCUT2D eigenvalue weighted by Gasteiger charge is 2.12. The molecule has 144 valence electrons. The van der Waals surface area contributed by atoms with Crippen LogP contribution in [0.4, 0.5) is 0 Å². The van der Waals surface area contributed by atoms with Crippen molar-refractivity contribution in [3.05, 3.63) is 88.5 Å². The summed E-state index contributed by atoms with van der Waals surface area (Å²) in [5, 5.41) is 0. The van der Waals surface area contributed by atoms with Crippen LogP contribution >= 0.6 is 22.6 Å². The number of ether oxygens (including phenoxy) is 2. The van der Waals surface area contributed by atoms with Crippen LogP contribution in [0.5, 0.6) is 11.5 Å². The van der Waals surface area contributed by atoms with E-state index in [1.807, 2.05) is 36.4 Å². The Balaban J connectivity index is 1.85. The highest BCUT2D eigenvalue weighted by Crippen LogP contribution is 2.34. The van der Waals surface area contributed by atoms with Crippen molar-refractivity contribution in [3.8, 4) is 45.1 Å². The van der Waals surface area contributed by atoms with E-state index >= 15 is 0 Å². The summed E-state index contributed by atoms with van der Waals surface area (Å²) in [6.45, 7) is 0. The second-order valence-corrected chi connectivity index (χ2v) is 7.80. The molecule has 0 aliphatic rings. The Hall–Kier alpha value is -2.86. The Morgan fingerprint density at radius 2 is 1.10 bits per heavy atom. The summed E-state index contributed by atoms with van der Waals surface area (Å²) in [4.78, 5) is 5.04. The maximum absolute atomic E-state index is 5.31. The summed E-state index contributed by atoms with van der Waals surface area (Å²) in [6, 6.07) is 28.7. The van der Waals surface area contributed by atoms with Crippen LogP contribution in [0.2, 0.25) is 0 Å². The zero-order chi connectivity index (χ0) is 20.2. The van der Waals surface area contributed by atoms with E-state index in [0.717, 1.165) is 45.1 Å². The molecule has 0 atom stereocenters. The van der Waals surface area contributed by atoms with Crippen LogP contribution in [0.1, 0.15) is 0 Å². The maximum atomic E-state index is 5.31. The van der Waals surface area contributed by atoms with Crippen molar-refractivity contribution in [2.45, 2.75) is 0 Å². The highest BCUT2D eigenvalue weighted by atomic mass is 127. The van der Waals surface area contributed by atoms with E-state index in [1.54, 1.807) is 14.2 Å². The van der Waals surface area contributed by atoms with Crippen molar-refractivity contribution in [1.82, 2.24) is 4.98 Å². The molecule has 0 saturated carbocycles. The van der Waals surface area contributed by atoms with Crippen molar-refractivity contribution < 1.29 is 9.47 Å². The molecule has 0 radical (unpaired) electrons. The summed E-state index contributed by atoms with van der Waals surface area (Å²) in [6.07, 6.45) is 0. The lowest BCUT2D eigenvalue weighted by Gasteiger charge is -2.13. The van der Waals surface area contributed by atoms with Crippen LogP contribution in [0.25, 0.3) is 33.6 Å². The van der Waals surface area contributed by atoms with Gasteiger partial charge in [-0.25, -0.2) is 4.98 Å². The molecule has 1 aromatic heterocycles. The Morgan fingerprint density at radius 1 is 0.586 bits per heavy atom. The number of methoxy groups -OCH3 is 2. The average Bonchev–Trinajstić information content (AvgIpc) is 2.79. The lowest BCUT2D eigenvalue weighted by atomic mass is 9.97. The SMILES string of the molecule is COc1ccc(-c2ccc(-c3ccc(I)cc3)nc2-c2ccc(OC)cc2)cc1. The van der Waals surface area contributed by atoms with Gasteiger partial charge < -0.3 is 9.47 Å². The van der Waals surface area contributed by atoms with Gasteiger partial charge in [0.25, 0.3) is 0 Å². The molecular weight excluding hydrogens is 473 g/mol. The first-order valence-corrected chi connectivity index (χ1v) is 10.3. The molecule has 0 spiro atoms. The topological polar surface area (TPSA) is 31.4 Å². The number of halogens is 1. The lowest BCUT2D eigenvalue weighted by molar-refractivity contribution is 0.414. The molecule has 0 fully saturated rings. The molecule has 0 unspecified atom stereocenters. The normalized spacial score (nSPS) is 10.6. The molecule has 0 aliphatic heterocycles. The first-order valence-electron chi connectivity index (χ1n) is 9.24. The molecule has 29 heavy (non-hydrogen) atoms. The van der Waals surface area contributed by atoms with Gasteiger partial charge >= 0.3 is 0 Å². The number of rotatable bonds is 5. The fourth-order valence-corrected chi connectivity index (χ4v) is 3.57. The third-order valence-electron chi connectivity index (χ3n) is 4.80. The van der Waals surface area contributed by atoms with Gasteiger partial charge in [0, 0.05) is 20.3 Å². The largest absolute Gasteiger partial charge is 0.497 e. The van der Waals surface area contributed by atoms with Crippen LogP contribution in [-0.2, 0) is 0 Å². The van der Waals surface area contributed by atoms with E-state index in [4.69, 9.17) is 14.5 Å². The van der Waals surface area contributed by atoms with Gasteiger partial charge in [0.15, 0.2) is 0 Å². The molecule has 0 saturated heterocycles. The summed E-state index contributed by atoms with van der Waals surface area (Å²) in [7, 11) is 3.35. The first kappa shape index (κ1) is 19.5. The van der Waals surface area contributed by atoms with E-state index < -0.39 is 0 Å². The number of hydrogen-bond donors (Lipinski definition) is 0.